The van der Waals surface area contributed by atoms with Crippen LogP contribution < -0.4 is 14.9 Å². The van der Waals surface area contributed by atoms with Crippen molar-refractivity contribution in [2.24, 2.45) is 0 Å². The first-order chi connectivity index (χ1) is 14.1. The molecule has 0 aliphatic heterocycles. The molecule has 0 amide bonds. The summed E-state index contributed by atoms with van der Waals surface area (Å²) in [4.78, 5) is 15.3. The second-order valence-corrected chi connectivity index (χ2v) is 6.90. The minimum atomic E-state index is -0.295. The lowest BCUT2D eigenvalue weighted by atomic mass is 10.1. The second kappa shape index (κ2) is 9.47. The molecule has 1 aromatic heterocycles. The molecule has 2 aromatic carbocycles. The van der Waals surface area contributed by atoms with Crippen molar-refractivity contribution in [3.8, 4) is 23.0 Å². The van der Waals surface area contributed by atoms with E-state index in [0.717, 1.165) is 25.9 Å². The van der Waals surface area contributed by atoms with Crippen LogP contribution in [0.25, 0.3) is 11.0 Å². The minimum absolute atomic E-state index is 0.0672. The van der Waals surface area contributed by atoms with Crippen LogP contribution in [0.2, 0.25) is 0 Å². The normalized spacial score (nSPS) is 11.2. The highest BCUT2D eigenvalue weighted by Gasteiger charge is 2.18. The number of rotatable bonds is 9. The molecule has 29 heavy (non-hydrogen) atoms. The number of phenolic OH excluding ortho intramolecular Hbond substituents is 1. The maximum Gasteiger partial charge on any atom is 0.235 e. The zero-order valence-corrected chi connectivity index (χ0v) is 17.1. The molecule has 0 aliphatic rings. The fourth-order valence-electron chi connectivity index (χ4n) is 3.40. The first-order valence-corrected chi connectivity index (χ1v) is 9.88. The third kappa shape index (κ3) is 4.54. The monoisotopic (exact) mass is 397 g/mol. The van der Waals surface area contributed by atoms with Gasteiger partial charge in [0.05, 0.1) is 18.1 Å². The zero-order valence-electron chi connectivity index (χ0n) is 17.1. The van der Waals surface area contributed by atoms with Crippen LogP contribution in [-0.4, -0.2) is 30.2 Å². The number of hydrogen-bond donors (Lipinski definition) is 1. The molecule has 0 radical (unpaired) electrons. The van der Waals surface area contributed by atoms with Crippen molar-refractivity contribution in [2.75, 3.05) is 20.2 Å². The van der Waals surface area contributed by atoms with Gasteiger partial charge in [-0.2, -0.15) is 0 Å². The van der Waals surface area contributed by atoms with Crippen molar-refractivity contribution in [1.82, 2.24) is 4.90 Å². The molecule has 0 bridgehead atoms. The molecule has 0 unspecified atom stereocenters. The Kier molecular flexibility index (Phi) is 6.77. The van der Waals surface area contributed by atoms with Gasteiger partial charge in [-0.3, -0.25) is 9.69 Å². The summed E-state index contributed by atoms with van der Waals surface area (Å²) in [7, 11) is 1.54. The SMILES string of the molecule is CCCN(CCC)Cc1c(O)ccc2c(=O)c(Oc3ccccc3OC)coc12. The molecule has 0 spiro atoms. The molecule has 3 aromatic rings. The van der Waals surface area contributed by atoms with Gasteiger partial charge in [0, 0.05) is 6.54 Å². The number of phenols is 1. The Hall–Kier alpha value is -2.99. The number of ether oxygens (including phenoxy) is 2. The van der Waals surface area contributed by atoms with Gasteiger partial charge in [0.15, 0.2) is 11.5 Å². The predicted molar refractivity (Wildman–Crippen MR) is 113 cm³/mol. The van der Waals surface area contributed by atoms with Crippen molar-refractivity contribution in [1.29, 1.82) is 0 Å². The van der Waals surface area contributed by atoms with Crippen LogP contribution in [0.3, 0.4) is 0 Å². The number of para-hydroxylation sites is 2. The average molecular weight is 397 g/mol. The number of hydrogen-bond acceptors (Lipinski definition) is 6. The molecular weight excluding hydrogens is 370 g/mol. The van der Waals surface area contributed by atoms with Crippen LogP contribution in [0.1, 0.15) is 32.3 Å². The Morgan fingerprint density at radius 3 is 2.34 bits per heavy atom. The summed E-state index contributed by atoms with van der Waals surface area (Å²) in [5.74, 6) is 1.14. The topological polar surface area (TPSA) is 72.1 Å². The van der Waals surface area contributed by atoms with Crippen LogP contribution >= 0.6 is 0 Å². The van der Waals surface area contributed by atoms with E-state index < -0.39 is 0 Å². The summed E-state index contributed by atoms with van der Waals surface area (Å²) >= 11 is 0. The van der Waals surface area contributed by atoms with Gasteiger partial charge in [-0.05, 0) is 50.2 Å². The predicted octanol–water partition coefficient (Wildman–Crippen LogP) is 4.92. The van der Waals surface area contributed by atoms with Gasteiger partial charge in [0.25, 0.3) is 0 Å². The fraction of sp³-hybridized carbons (Fsp3) is 0.348. The Morgan fingerprint density at radius 2 is 1.69 bits per heavy atom. The fourth-order valence-corrected chi connectivity index (χ4v) is 3.40. The quantitative estimate of drug-likeness (QED) is 0.552. The zero-order chi connectivity index (χ0) is 20.8. The smallest absolute Gasteiger partial charge is 0.235 e. The molecule has 1 N–H and O–H groups in total. The lowest BCUT2D eigenvalue weighted by molar-refractivity contribution is 0.262. The van der Waals surface area contributed by atoms with E-state index in [1.54, 1.807) is 31.4 Å². The van der Waals surface area contributed by atoms with Crippen LogP contribution in [-0.2, 0) is 6.54 Å². The Morgan fingerprint density at radius 1 is 1.00 bits per heavy atom. The molecule has 154 valence electrons. The molecule has 0 fully saturated rings. The largest absolute Gasteiger partial charge is 0.507 e. The summed E-state index contributed by atoms with van der Waals surface area (Å²) in [6, 6.07) is 10.2. The molecule has 1 heterocycles. The van der Waals surface area contributed by atoms with E-state index in [1.165, 1.54) is 12.3 Å². The lowest BCUT2D eigenvalue weighted by Crippen LogP contribution is -2.25. The highest BCUT2D eigenvalue weighted by atomic mass is 16.5. The molecule has 6 heteroatoms. The molecular formula is C23H27NO5. The van der Waals surface area contributed by atoms with Gasteiger partial charge in [-0.15, -0.1) is 0 Å². The molecule has 0 aliphatic carbocycles. The minimum Gasteiger partial charge on any atom is -0.507 e. The number of methoxy groups -OCH3 is 1. The summed E-state index contributed by atoms with van der Waals surface area (Å²) in [6.45, 7) is 6.56. The summed E-state index contributed by atoms with van der Waals surface area (Å²) < 4.78 is 16.8. The first-order valence-electron chi connectivity index (χ1n) is 9.88. The third-order valence-corrected chi connectivity index (χ3v) is 4.74. The van der Waals surface area contributed by atoms with Gasteiger partial charge in [0.2, 0.25) is 11.2 Å². The third-order valence-electron chi connectivity index (χ3n) is 4.74. The van der Waals surface area contributed by atoms with Crippen molar-refractivity contribution in [2.45, 2.75) is 33.2 Å². The number of nitrogens with zero attached hydrogens (tertiary/aromatic N) is 1. The van der Waals surface area contributed by atoms with E-state index in [9.17, 15) is 9.90 Å². The summed E-state index contributed by atoms with van der Waals surface area (Å²) in [6.07, 6.45) is 3.31. The molecule has 0 saturated heterocycles. The van der Waals surface area contributed by atoms with E-state index in [4.69, 9.17) is 13.9 Å². The maximum absolute atomic E-state index is 13.0. The standard InChI is InChI=1S/C23H27NO5/c1-4-12-24(13-5-2)14-17-18(25)11-10-16-22(26)21(15-28-23(16)17)29-20-9-7-6-8-19(20)27-3/h6-11,15,25H,4-5,12-14H2,1-3H3. The summed E-state index contributed by atoms with van der Waals surface area (Å²) in [5.41, 5.74) is 0.709. The Labute approximate surface area is 170 Å². The van der Waals surface area contributed by atoms with Gasteiger partial charge >= 0.3 is 0 Å². The van der Waals surface area contributed by atoms with Crippen LogP contribution in [0.5, 0.6) is 23.0 Å². The van der Waals surface area contributed by atoms with Gasteiger partial charge in [-0.25, -0.2) is 0 Å². The van der Waals surface area contributed by atoms with Crippen LogP contribution in [0, 0.1) is 0 Å². The number of benzene rings is 2. The Bertz CT molecular complexity index is 1020. The summed E-state index contributed by atoms with van der Waals surface area (Å²) in [5, 5.41) is 10.8. The molecule has 0 atom stereocenters. The highest BCUT2D eigenvalue weighted by molar-refractivity contribution is 5.83. The Balaban J connectivity index is 2.01. The molecule has 6 nitrogen and oxygen atoms in total. The lowest BCUT2D eigenvalue weighted by Gasteiger charge is -2.22. The van der Waals surface area contributed by atoms with E-state index in [2.05, 4.69) is 18.7 Å². The average Bonchev–Trinajstić information content (AvgIpc) is 2.72. The second-order valence-electron chi connectivity index (χ2n) is 6.90. The van der Waals surface area contributed by atoms with Crippen molar-refractivity contribution < 1.29 is 19.0 Å². The van der Waals surface area contributed by atoms with Crippen molar-refractivity contribution in [3.63, 3.8) is 0 Å². The number of fused-ring (bicyclic) bond motifs is 1. The van der Waals surface area contributed by atoms with E-state index in [0.29, 0.717) is 34.6 Å². The molecule has 3 rings (SSSR count). The van der Waals surface area contributed by atoms with E-state index >= 15 is 0 Å². The van der Waals surface area contributed by atoms with Crippen LogP contribution in [0.15, 0.2) is 51.9 Å². The first kappa shape index (κ1) is 20.7. The van der Waals surface area contributed by atoms with Gasteiger partial charge in [0.1, 0.15) is 17.6 Å². The van der Waals surface area contributed by atoms with E-state index in [1.807, 2.05) is 6.07 Å². The van der Waals surface area contributed by atoms with Crippen LogP contribution in [0.4, 0.5) is 0 Å². The maximum atomic E-state index is 13.0. The van der Waals surface area contributed by atoms with Gasteiger partial charge in [-0.1, -0.05) is 26.0 Å². The van der Waals surface area contributed by atoms with Crippen molar-refractivity contribution >= 4 is 11.0 Å². The van der Waals surface area contributed by atoms with Gasteiger partial charge < -0.3 is 19.0 Å². The number of aromatic hydroxyl groups is 1. The molecule has 0 saturated carbocycles. The van der Waals surface area contributed by atoms with Crippen molar-refractivity contribution in [3.05, 3.63) is 58.4 Å². The van der Waals surface area contributed by atoms with E-state index in [-0.39, 0.29) is 16.9 Å². The highest BCUT2D eigenvalue weighted by Crippen LogP contribution is 2.32.